The molecule has 1 fully saturated rings. The van der Waals surface area contributed by atoms with Gasteiger partial charge in [-0.3, -0.25) is 9.78 Å². The maximum Gasteiger partial charge on any atom is 0.490 e. The smallest absolute Gasteiger partial charge is 0.475 e. The van der Waals surface area contributed by atoms with Crippen LogP contribution in [0.2, 0.25) is 0 Å². The van der Waals surface area contributed by atoms with Gasteiger partial charge in [0.15, 0.2) is 0 Å². The molecule has 1 saturated heterocycles. The Balaban J connectivity index is 0.000000383. The van der Waals surface area contributed by atoms with Gasteiger partial charge in [0.25, 0.3) is 5.91 Å². The highest BCUT2D eigenvalue weighted by atomic mass is 19.4. The number of amides is 1. The van der Waals surface area contributed by atoms with Crippen LogP contribution in [0.5, 0.6) is 0 Å². The monoisotopic (exact) mass is 466 g/mol. The topological polar surface area (TPSA) is 109 Å². The summed E-state index contributed by atoms with van der Waals surface area (Å²) in [4.78, 5) is 31.6. The van der Waals surface area contributed by atoms with E-state index >= 15 is 0 Å². The van der Waals surface area contributed by atoms with E-state index in [9.17, 15) is 22.4 Å². The second-order valence-electron chi connectivity index (χ2n) is 7.20. The lowest BCUT2D eigenvalue weighted by Gasteiger charge is -2.16. The third kappa shape index (κ3) is 5.90. The van der Waals surface area contributed by atoms with Crippen LogP contribution < -0.4 is 0 Å². The number of halogens is 4. The van der Waals surface area contributed by atoms with Gasteiger partial charge in [-0.15, -0.1) is 0 Å². The number of carbonyl (C=O) groups excluding carboxylic acids is 1. The molecule has 3 heterocycles. The summed E-state index contributed by atoms with van der Waals surface area (Å²) in [6.45, 7) is 2.73. The number of pyridine rings is 1. The van der Waals surface area contributed by atoms with Crippen LogP contribution in [0.3, 0.4) is 0 Å². The Bertz CT molecular complexity index is 1130. The van der Waals surface area contributed by atoms with E-state index < -0.39 is 12.1 Å². The van der Waals surface area contributed by atoms with Gasteiger partial charge in [-0.2, -0.15) is 18.2 Å². The summed E-state index contributed by atoms with van der Waals surface area (Å²) in [5.41, 5.74) is 1.71. The zero-order valence-electron chi connectivity index (χ0n) is 17.2. The number of rotatable bonds is 3. The highest BCUT2D eigenvalue weighted by Gasteiger charge is 2.38. The maximum absolute atomic E-state index is 13.7. The number of nitrogens with zero attached hydrogens (tertiary/aromatic N) is 4. The largest absolute Gasteiger partial charge is 0.490 e. The van der Waals surface area contributed by atoms with Crippen molar-refractivity contribution in [3.05, 3.63) is 65.6 Å². The molecule has 174 valence electrons. The maximum atomic E-state index is 13.7. The fraction of sp³-hybridized carbons (Fsp3) is 0.286. The Labute approximate surface area is 184 Å². The van der Waals surface area contributed by atoms with Crippen molar-refractivity contribution in [1.29, 1.82) is 0 Å². The predicted octanol–water partition coefficient (Wildman–Crippen LogP) is 3.84. The van der Waals surface area contributed by atoms with Gasteiger partial charge in [0, 0.05) is 36.6 Å². The first-order valence-corrected chi connectivity index (χ1v) is 9.65. The minimum Gasteiger partial charge on any atom is -0.475 e. The van der Waals surface area contributed by atoms with E-state index in [2.05, 4.69) is 15.1 Å². The first kappa shape index (κ1) is 23.8. The van der Waals surface area contributed by atoms with Crippen molar-refractivity contribution >= 4 is 11.9 Å². The van der Waals surface area contributed by atoms with Crippen LogP contribution in [0.4, 0.5) is 17.6 Å². The highest BCUT2D eigenvalue weighted by Crippen LogP contribution is 2.28. The lowest BCUT2D eigenvalue weighted by Crippen LogP contribution is -2.28. The third-order valence-electron chi connectivity index (χ3n) is 4.87. The van der Waals surface area contributed by atoms with Crippen molar-refractivity contribution in [2.45, 2.75) is 25.4 Å². The van der Waals surface area contributed by atoms with Gasteiger partial charge in [0.1, 0.15) is 5.82 Å². The van der Waals surface area contributed by atoms with Crippen LogP contribution in [0.15, 0.2) is 47.2 Å². The molecular formula is C21H18F4N4O4. The quantitative estimate of drug-likeness (QED) is 0.584. The van der Waals surface area contributed by atoms with Gasteiger partial charge in [-0.25, -0.2) is 9.18 Å². The van der Waals surface area contributed by atoms with E-state index in [1.807, 2.05) is 12.1 Å². The minimum absolute atomic E-state index is 0.0164. The van der Waals surface area contributed by atoms with Crippen LogP contribution in [-0.4, -0.2) is 56.3 Å². The molecule has 12 heteroatoms. The van der Waals surface area contributed by atoms with Crippen LogP contribution in [0, 0.1) is 12.7 Å². The molecule has 0 radical (unpaired) electrons. The molecule has 1 aliphatic rings. The molecule has 3 aromatic rings. The predicted molar refractivity (Wildman–Crippen MR) is 106 cm³/mol. The molecule has 4 rings (SSSR count). The number of carbonyl (C=O) groups is 2. The summed E-state index contributed by atoms with van der Waals surface area (Å²) < 4.78 is 50.9. The summed E-state index contributed by atoms with van der Waals surface area (Å²) in [6.07, 6.45) is -1.01. The molecule has 1 amide bonds. The summed E-state index contributed by atoms with van der Waals surface area (Å²) in [7, 11) is 0. The molecular weight excluding hydrogens is 448 g/mol. The average molecular weight is 466 g/mol. The Morgan fingerprint density at radius 2 is 1.85 bits per heavy atom. The molecule has 2 aromatic heterocycles. The Kier molecular flexibility index (Phi) is 7.04. The summed E-state index contributed by atoms with van der Waals surface area (Å²) in [5, 5.41) is 11.1. The van der Waals surface area contributed by atoms with Crippen molar-refractivity contribution in [2.75, 3.05) is 13.1 Å². The molecule has 1 N–H and O–H groups in total. The second-order valence-corrected chi connectivity index (χ2v) is 7.20. The van der Waals surface area contributed by atoms with Crippen LogP contribution in [0.25, 0.3) is 11.4 Å². The number of hydrogen-bond donors (Lipinski definition) is 1. The van der Waals surface area contributed by atoms with Gasteiger partial charge >= 0.3 is 12.1 Å². The number of alkyl halides is 3. The van der Waals surface area contributed by atoms with E-state index in [4.69, 9.17) is 14.4 Å². The Morgan fingerprint density at radius 3 is 2.45 bits per heavy atom. The molecule has 0 saturated carbocycles. The van der Waals surface area contributed by atoms with Gasteiger partial charge < -0.3 is 14.5 Å². The van der Waals surface area contributed by atoms with E-state index in [-0.39, 0.29) is 17.6 Å². The van der Waals surface area contributed by atoms with Crippen molar-refractivity contribution in [3.63, 3.8) is 0 Å². The number of carboxylic acids is 1. The van der Waals surface area contributed by atoms with Gasteiger partial charge in [0.05, 0.1) is 5.92 Å². The van der Waals surface area contributed by atoms with E-state index in [1.165, 1.54) is 6.07 Å². The van der Waals surface area contributed by atoms with E-state index in [0.29, 0.717) is 35.9 Å². The number of aryl methyl sites for hydroxylation is 1. The Hall–Kier alpha value is -3.83. The molecule has 1 aromatic carbocycles. The van der Waals surface area contributed by atoms with Gasteiger partial charge in [-0.05, 0) is 43.2 Å². The number of aliphatic carboxylic acids is 1. The molecule has 1 atom stereocenters. The second kappa shape index (κ2) is 9.76. The van der Waals surface area contributed by atoms with Crippen LogP contribution in [0.1, 0.15) is 34.2 Å². The third-order valence-corrected chi connectivity index (χ3v) is 4.87. The molecule has 1 unspecified atom stereocenters. The average Bonchev–Trinajstić information content (AvgIpc) is 3.45. The standard InChI is InChI=1S/C19H17FN4O2.C2HF3O2/c1-12-2-3-14(10-16(12)20)19(25)24-9-6-15(11-24)18-22-17(23-26-18)13-4-7-21-8-5-13;3-2(4,5)1(6)7/h2-5,7-8,10,15H,6,9,11H2,1H3;(H,6,7). The van der Waals surface area contributed by atoms with E-state index in [1.54, 1.807) is 36.4 Å². The van der Waals surface area contributed by atoms with Crippen LogP contribution in [-0.2, 0) is 4.79 Å². The number of carboxylic acid groups (broad SMARTS) is 1. The summed E-state index contributed by atoms with van der Waals surface area (Å²) in [6, 6.07) is 8.19. The minimum atomic E-state index is -5.08. The molecule has 33 heavy (non-hydrogen) atoms. The number of hydrogen-bond acceptors (Lipinski definition) is 6. The first-order valence-electron chi connectivity index (χ1n) is 9.65. The lowest BCUT2D eigenvalue weighted by atomic mass is 10.1. The van der Waals surface area contributed by atoms with Crippen molar-refractivity contribution in [1.82, 2.24) is 20.0 Å². The number of benzene rings is 1. The fourth-order valence-electron chi connectivity index (χ4n) is 3.07. The lowest BCUT2D eigenvalue weighted by molar-refractivity contribution is -0.192. The SMILES string of the molecule is Cc1ccc(C(=O)N2CCC(c3nc(-c4ccncc4)no3)C2)cc1F.O=C(O)C(F)(F)F. The van der Waals surface area contributed by atoms with E-state index in [0.717, 1.165) is 12.0 Å². The zero-order chi connectivity index (χ0) is 24.2. The molecule has 0 spiro atoms. The molecule has 1 aliphatic heterocycles. The van der Waals surface area contributed by atoms with Crippen molar-refractivity contribution in [2.24, 2.45) is 0 Å². The summed E-state index contributed by atoms with van der Waals surface area (Å²) >= 11 is 0. The molecule has 8 nitrogen and oxygen atoms in total. The van der Waals surface area contributed by atoms with Gasteiger partial charge in [0.2, 0.25) is 11.7 Å². The van der Waals surface area contributed by atoms with Crippen molar-refractivity contribution < 1.29 is 36.8 Å². The van der Waals surface area contributed by atoms with Crippen molar-refractivity contribution in [3.8, 4) is 11.4 Å². The normalized spacial score (nSPS) is 15.7. The number of aromatic nitrogens is 3. The molecule has 0 aliphatic carbocycles. The van der Waals surface area contributed by atoms with Crippen LogP contribution >= 0.6 is 0 Å². The Morgan fingerprint density at radius 1 is 1.18 bits per heavy atom. The zero-order valence-corrected chi connectivity index (χ0v) is 17.2. The fourth-order valence-corrected chi connectivity index (χ4v) is 3.07. The molecule has 0 bridgehead atoms. The highest BCUT2D eigenvalue weighted by molar-refractivity contribution is 5.94. The number of likely N-dealkylation sites (tertiary alicyclic amines) is 1. The first-order chi connectivity index (χ1) is 15.6. The van der Waals surface area contributed by atoms with Gasteiger partial charge in [-0.1, -0.05) is 11.2 Å². The summed E-state index contributed by atoms with van der Waals surface area (Å²) in [5.74, 6) is -2.30.